The van der Waals surface area contributed by atoms with Gasteiger partial charge in [-0.3, -0.25) is 19.1 Å². The predicted octanol–water partition coefficient (Wildman–Crippen LogP) is 2.27. The van der Waals surface area contributed by atoms with Gasteiger partial charge in [0.2, 0.25) is 0 Å². The molecular weight excluding hydrogens is 367 g/mol. The number of halogens is 1. The molecule has 8 nitrogen and oxygen atoms in total. The zero-order valence-corrected chi connectivity index (χ0v) is 14.2. The van der Waals surface area contributed by atoms with Crippen molar-refractivity contribution < 1.29 is 27.8 Å². The molecule has 26 heavy (non-hydrogen) atoms. The average Bonchev–Trinajstić information content (AvgIpc) is 2.61. The van der Waals surface area contributed by atoms with E-state index in [4.69, 9.17) is 4.74 Å². The second-order valence-corrected chi connectivity index (χ2v) is 6.34. The quantitative estimate of drug-likeness (QED) is 0.467. The lowest BCUT2D eigenvalue weighted by Crippen LogP contribution is -2.22. The summed E-state index contributed by atoms with van der Waals surface area (Å²) in [5.74, 6) is -2.62. The van der Waals surface area contributed by atoms with Crippen LogP contribution in [0, 0.1) is 15.9 Å². The summed E-state index contributed by atoms with van der Waals surface area (Å²) in [6.07, 6.45) is 1.39. The first-order chi connectivity index (χ1) is 12.3. The van der Waals surface area contributed by atoms with Gasteiger partial charge in [-0.25, -0.2) is 9.18 Å². The molecule has 0 spiro atoms. The number of carbonyl (C=O) groups excluding carboxylic acids is 2. The summed E-state index contributed by atoms with van der Waals surface area (Å²) in [7, 11) is -1.43. The monoisotopic (exact) mass is 380 g/mol. The van der Waals surface area contributed by atoms with Crippen molar-refractivity contribution in [3.63, 3.8) is 0 Å². The highest BCUT2D eigenvalue weighted by Crippen LogP contribution is 2.21. The molecule has 1 amide bonds. The van der Waals surface area contributed by atoms with Gasteiger partial charge < -0.3 is 10.1 Å². The fourth-order valence-corrected chi connectivity index (χ4v) is 2.73. The minimum atomic E-state index is -1.43. The third-order valence-electron chi connectivity index (χ3n) is 3.19. The van der Waals surface area contributed by atoms with Crippen molar-refractivity contribution in [2.75, 3.05) is 18.2 Å². The summed E-state index contributed by atoms with van der Waals surface area (Å²) in [5.41, 5.74) is -0.768. The Morgan fingerprint density at radius 2 is 1.96 bits per heavy atom. The third-order valence-corrected chi connectivity index (χ3v) is 4.16. The van der Waals surface area contributed by atoms with E-state index in [0.717, 1.165) is 18.2 Å². The molecule has 0 unspecified atom stereocenters. The molecule has 0 radical (unpaired) electrons. The zero-order valence-electron chi connectivity index (χ0n) is 13.4. The molecule has 1 atom stereocenters. The van der Waals surface area contributed by atoms with Crippen molar-refractivity contribution in [3.05, 3.63) is 64.0 Å². The number of rotatable bonds is 6. The lowest BCUT2D eigenvalue weighted by molar-refractivity contribution is -0.384. The van der Waals surface area contributed by atoms with Crippen molar-refractivity contribution in [2.24, 2.45) is 0 Å². The van der Waals surface area contributed by atoms with Crippen molar-refractivity contribution in [1.29, 1.82) is 0 Å². The first-order valence-corrected chi connectivity index (χ1v) is 8.68. The van der Waals surface area contributed by atoms with Crippen LogP contribution in [0.5, 0.6) is 0 Å². The molecule has 0 aromatic heterocycles. The average molecular weight is 380 g/mol. The van der Waals surface area contributed by atoms with Gasteiger partial charge >= 0.3 is 5.97 Å². The summed E-state index contributed by atoms with van der Waals surface area (Å²) < 4.78 is 30.1. The highest BCUT2D eigenvalue weighted by atomic mass is 32.2. The van der Waals surface area contributed by atoms with Crippen molar-refractivity contribution in [2.45, 2.75) is 4.90 Å². The third kappa shape index (κ3) is 4.70. The lowest BCUT2D eigenvalue weighted by Gasteiger charge is -2.09. The van der Waals surface area contributed by atoms with Crippen LogP contribution in [-0.4, -0.2) is 33.9 Å². The standard InChI is InChI=1S/C16H13FN2O6S/c1-26(24)14-5-3-2-4-11(14)16(21)25-9-15(20)18-13-8-10(19(22)23)6-7-12(13)17/h2-8H,9H2,1H3,(H,18,20)/t26-/m0/s1. The number of hydrogen-bond acceptors (Lipinski definition) is 6. The van der Waals surface area contributed by atoms with Crippen LogP contribution in [-0.2, 0) is 20.3 Å². The minimum Gasteiger partial charge on any atom is -0.452 e. The Kier molecular flexibility index (Phi) is 6.12. The van der Waals surface area contributed by atoms with E-state index in [0.29, 0.717) is 0 Å². The first kappa shape index (κ1) is 19.2. The van der Waals surface area contributed by atoms with Crippen LogP contribution in [0.1, 0.15) is 10.4 Å². The van der Waals surface area contributed by atoms with Crippen LogP contribution in [0.2, 0.25) is 0 Å². The molecule has 0 aliphatic rings. The largest absolute Gasteiger partial charge is 0.452 e. The number of esters is 1. The van der Waals surface area contributed by atoms with Gasteiger partial charge in [0.05, 0.1) is 31.9 Å². The highest BCUT2D eigenvalue weighted by molar-refractivity contribution is 7.84. The van der Waals surface area contributed by atoms with Gasteiger partial charge in [0, 0.05) is 18.4 Å². The summed E-state index contributed by atoms with van der Waals surface area (Å²) >= 11 is 0. The minimum absolute atomic E-state index is 0.0441. The number of nitrogens with one attached hydrogen (secondary N) is 1. The van der Waals surface area contributed by atoms with Crippen LogP contribution in [0.15, 0.2) is 47.4 Å². The molecule has 0 bridgehead atoms. The number of amides is 1. The van der Waals surface area contributed by atoms with Gasteiger partial charge in [-0.1, -0.05) is 12.1 Å². The summed E-state index contributed by atoms with van der Waals surface area (Å²) in [6.45, 7) is -0.744. The van der Waals surface area contributed by atoms with Crippen LogP contribution in [0.4, 0.5) is 15.8 Å². The molecule has 136 valence electrons. The maximum Gasteiger partial charge on any atom is 0.339 e. The maximum absolute atomic E-state index is 13.6. The molecule has 0 heterocycles. The Morgan fingerprint density at radius 1 is 1.27 bits per heavy atom. The topological polar surface area (TPSA) is 116 Å². The molecule has 0 fully saturated rings. The second-order valence-electron chi connectivity index (χ2n) is 5.00. The first-order valence-electron chi connectivity index (χ1n) is 7.13. The number of carbonyl (C=O) groups is 2. The number of benzene rings is 2. The number of anilines is 1. The van der Waals surface area contributed by atoms with Crippen molar-refractivity contribution in [1.82, 2.24) is 0 Å². The maximum atomic E-state index is 13.6. The van der Waals surface area contributed by atoms with Crippen LogP contribution >= 0.6 is 0 Å². The number of nitro benzene ring substituents is 1. The van der Waals surface area contributed by atoms with Crippen molar-refractivity contribution >= 4 is 34.1 Å². The molecule has 1 N–H and O–H groups in total. The smallest absolute Gasteiger partial charge is 0.339 e. The Hall–Kier alpha value is -3.14. The Morgan fingerprint density at radius 3 is 2.62 bits per heavy atom. The van der Waals surface area contributed by atoms with E-state index in [1.165, 1.54) is 18.4 Å². The number of ether oxygens (including phenoxy) is 1. The number of non-ortho nitro benzene ring substituents is 1. The Balaban J connectivity index is 2.04. The van der Waals surface area contributed by atoms with Gasteiger partial charge in [-0.15, -0.1) is 0 Å². The Bertz CT molecular complexity index is 902. The second kappa shape index (κ2) is 8.30. The van der Waals surface area contributed by atoms with Crippen LogP contribution < -0.4 is 5.32 Å². The van der Waals surface area contributed by atoms with E-state index in [9.17, 15) is 28.3 Å². The van der Waals surface area contributed by atoms with E-state index in [1.807, 2.05) is 0 Å². The van der Waals surface area contributed by atoms with Gasteiger partial charge in [0.15, 0.2) is 6.61 Å². The van der Waals surface area contributed by atoms with Crippen molar-refractivity contribution in [3.8, 4) is 0 Å². The molecule has 0 saturated heterocycles. The van der Waals surface area contributed by atoms with E-state index in [-0.39, 0.29) is 10.5 Å². The fourth-order valence-electron chi connectivity index (χ4n) is 2.00. The van der Waals surface area contributed by atoms with Gasteiger partial charge in [0.25, 0.3) is 11.6 Å². The van der Waals surface area contributed by atoms with Crippen LogP contribution in [0.3, 0.4) is 0 Å². The Labute approximate surface area is 149 Å². The van der Waals surface area contributed by atoms with Gasteiger partial charge in [-0.2, -0.15) is 0 Å². The lowest BCUT2D eigenvalue weighted by atomic mass is 10.2. The molecule has 2 aromatic rings. The van der Waals surface area contributed by atoms with E-state index >= 15 is 0 Å². The summed E-state index contributed by atoms with van der Waals surface area (Å²) in [4.78, 5) is 34.1. The predicted molar refractivity (Wildman–Crippen MR) is 90.7 cm³/mol. The fraction of sp³-hybridized carbons (Fsp3) is 0.125. The van der Waals surface area contributed by atoms with Gasteiger partial charge in [0.1, 0.15) is 5.82 Å². The molecular formula is C16H13FN2O6S. The van der Waals surface area contributed by atoms with E-state index in [2.05, 4.69) is 5.32 Å². The number of nitrogens with zero attached hydrogens (tertiary/aromatic N) is 1. The normalized spacial score (nSPS) is 11.5. The molecule has 2 rings (SSSR count). The number of nitro groups is 1. The van der Waals surface area contributed by atoms with Crippen LogP contribution in [0.25, 0.3) is 0 Å². The molecule has 0 aliphatic carbocycles. The van der Waals surface area contributed by atoms with E-state index < -0.39 is 51.4 Å². The summed E-state index contributed by atoms with van der Waals surface area (Å²) in [5, 5.41) is 12.8. The van der Waals surface area contributed by atoms with Gasteiger partial charge in [-0.05, 0) is 18.2 Å². The molecule has 0 saturated carbocycles. The van der Waals surface area contributed by atoms with E-state index in [1.54, 1.807) is 12.1 Å². The molecule has 10 heteroatoms. The highest BCUT2D eigenvalue weighted by Gasteiger charge is 2.17. The molecule has 2 aromatic carbocycles. The SMILES string of the molecule is C[S@](=O)c1ccccc1C(=O)OCC(=O)Nc1cc([N+](=O)[O-])ccc1F. The number of hydrogen-bond donors (Lipinski definition) is 1. The zero-order chi connectivity index (χ0) is 19.3. The molecule has 0 aliphatic heterocycles. The summed E-state index contributed by atoms with van der Waals surface area (Å²) in [6, 6.07) is 8.68.